The molecular weight excluding hydrogens is 258 g/mol. The monoisotopic (exact) mass is 277 g/mol. The SMILES string of the molecule is Cc1cc(C)cc(-c2cnc(-c3ccc(CN)cc3)[nH]2)c1. The first-order valence-corrected chi connectivity index (χ1v) is 7.09. The van der Waals surface area contributed by atoms with Crippen molar-refractivity contribution in [3.63, 3.8) is 0 Å². The lowest BCUT2D eigenvalue weighted by Crippen LogP contribution is -1.95. The zero-order valence-electron chi connectivity index (χ0n) is 12.4. The van der Waals surface area contributed by atoms with E-state index >= 15 is 0 Å². The fourth-order valence-electron chi connectivity index (χ4n) is 2.54. The smallest absolute Gasteiger partial charge is 0.137 e. The van der Waals surface area contributed by atoms with Gasteiger partial charge in [0.25, 0.3) is 0 Å². The first kappa shape index (κ1) is 13.6. The van der Waals surface area contributed by atoms with Gasteiger partial charge in [-0.15, -0.1) is 0 Å². The molecule has 0 saturated heterocycles. The van der Waals surface area contributed by atoms with Crippen LogP contribution in [0.4, 0.5) is 0 Å². The van der Waals surface area contributed by atoms with Gasteiger partial charge in [0.05, 0.1) is 11.9 Å². The summed E-state index contributed by atoms with van der Waals surface area (Å²) in [5.74, 6) is 0.882. The third-order valence-electron chi connectivity index (χ3n) is 3.57. The van der Waals surface area contributed by atoms with Gasteiger partial charge in [-0.2, -0.15) is 0 Å². The van der Waals surface area contributed by atoms with Crippen LogP contribution >= 0.6 is 0 Å². The maximum Gasteiger partial charge on any atom is 0.137 e. The number of nitrogens with zero attached hydrogens (tertiary/aromatic N) is 1. The van der Waals surface area contributed by atoms with E-state index in [1.54, 1.807) is 0 Å². The van der Waals surface area contributed by atoms with E-state index in [2.05, 4.69) is 42.0 Å². The Kier molecular flexibility index (Phi) is 3.59. The van der Waals surface area contributed by atoms with Crippen molar-refractivity contribution < 1.29 is 0 Å². The first-order valence-electron chi connectivity index (χ1n) is 7.09. The normalized spacial score (nSPS) is 10.8. The predicted octanol–water partition coefficient (Wildman–Crippen LogP) is 3.82. The molecule has 0 bridgehead atoms. The fourth-order valence-corrected chi connectivity index (χ4v) is 2.54. The number of H-pyrrole nitrogens is 1. The van der Waals surface area contributed by atoms with Crippen molar-refractivity contribution in [3.8, 4) is 22.6 Å². The highest BCUT2D eigenvalue weighted by molar-refractivity contribution is 5.65. The van der Waals surface area contributed by atoms with Crippen molar-refractivity contribution in [1.82, 2.24) is 9.97 Å². The molecule has 0 saturated carbocycles. The third-order valence-corrected chi connectivity index (χ3v) is 3.57. The highest BCUT2D eigenvalue weighted by Crippen LogP contribution is 2.24. The summed E-state index contributed by atoms with van der Waals surface area (Å²) in [5, 5.41) is 0. The predicted molar refractivity (Wildman–Crippen MR) is 86.8 cm³/mol. The molecule has 0 aliphatic rings. The molecule has 0 aliphatic heterocycles. The molecule has 0 spiro atoms. The van der Waals surface area contributed by atoms with Gasteiger partial charge in [0.1, 0.15) is 5.82 Å². The Morgan fingerprint density at radius 3 is 2.24 bits per heavy atom. The molecule has 2 aromatic carbocycles. The Balaban J connectivity index is 1.95. The number of nitrogens with two attached hydrogens (primary N) is 1. The second-order valence-electron chi connectivity index (χ2n) is 5.42. The second-order valence-corrected chi connectivity index (χ2v) is 5.42. The van der Waals surface area contributed by atoms with Crippen molar-refractivity contribution in [3.05, 3.63) is 65.4 Å². The molecule has 0 radical (unpaired) electrons. The number of aromatic amines is 1. The molecular formula is C18H19N3. The number of rotatable bonds is 3. The Bertz CT molecular complexity index is 734. The van der Waals surface area contributed by atoms with E-state index < -0.39 is 0 Å². The average molecular weight is 277 g/mol. The summed E-state index contributed by atoms with van der Waals surface area (Å²) in [6.07, 6.45) is 1.89. The van der Waals surface area contributed by atoms with Gasteiger partial charge in [0.2, 0.25) is 0 Å². The number of aryl methyl sites for hydroxylation is 2. The van der Waals surface area contributed by atoms with Crippen LogP contribution in [0.1, 0.15) is 16.7 Å². The van der Waals surface area contributed by atoms with E-state index in [4.69, 9.17) is 5.73 Å². The number of aromatic nitrogens is 2. The van der Waals surface area contributed by atoms with Crippen molar-refractivity contribution in [2.75, 3.05) is 0 Å². The van der Waals surface area contributed by atoms with E-state index in [0.29, 0.717) is 6.54 Å². The molecule has 0 fully saturated rings. The molecule has 3 aromatic rings. The molecule has 0 aliphatic carbocycles. The van der Waals surface area contributed by atoms with E-state index in [1.165, 1.54) is 16.7 Å². The molecule has 0 amide bonds. The lowest BCUT2D eigenvalue weighted by atomic mass is 10.1. The topological polar surface area (TPSA) is 54.7 Å². The summed E-state index contributed by atoms with van der Waals surface area (Å²) in [6, 6.07) is 14.7. The van der Waals surface area contributed by atoms with Crippen molar-refractivity contribution in [2.45, 2.75) is 20.4 Å². The molecule has 0 unspecified atom stereocenters. The lowest BCUT2D eigenvalue weighted by Gasteiger charge is -2.03. The van der Waals surface area contributed by atoms with E-state index in [0.717, 1.165) is 22.6 Å². The third kappa shape index (κ3) is 2.88. The van der Waals surface area contributed by atoms with Crippen LogP contribution in [0.2, 0.25) is 0 Å². The van der Waals surface area contributed by atoms with Gasteiger partial charge < -0.3 is 10.7 Å². The van der Waals surface area contributed by atoms with Gasteiger partial charge >= 0.3 is 0 Å². The number of hydrogen-bond donors (Lipinski definition) is 2. The van der Waals surface area contributed by atoms with Crippen molar-refractivity contribution in [1.29, 1.82) is 0 Å². The highest BCUT2D eigenvalue weighted by Gasteiger charge is 2.06. The minimum atomic E-state index is 0.562. The highest BCUT2D eigenvalue weighted by atomic mass is 14.9. The Morgan fingerprint density at radius 2 is 1.62 bits per heavy atom. The number of benzene rings is 2. The quantitative estimate of drug-likeness (QED) is 0.764. The summed E-state index contributed by atoms with van der Waals surface area (Å²) in [4.78, 5) is 7.89. The number of hydrogen-bond acceptors (Lipinski definition) is 2. The molecule has 21 heavy (non-hydrogen) atoms. The molecule has 1 heterocycles. The van der Waals surface area contributed by atoms with E-state index in [9.17, 15) is 0 Å². The van der Waals surface area contributed by atoms with Crippen LogP contribution in [-0.2, 0) is 6.54 Å². The lowest BCUT2D eigenvalue weighted by molar-refractivity contribution is 1.07. The van der Waals surface area contributed by atoms with Crippen LogP contribution in [0.5, 0.6) is 0 Å². The van der Waals surface area contributed by atoms with Gasteiger partial charge in [0, 0.05) is 17.7 Å². The Labute approximate surface area is 124 Å². The van der Waals surface area contributed by atoms with Crippen LogP contribution in [0.25, 0.3) is 22.6 Å². The van der Waals surface area contributed by atoms with Gasteiger partial charge in [0.15, 0.2) is 0 Å². The summed E-state index contributed by atoms with van der Waals surface area (Å²) < 4.78 is 0. The average Bonchev–Trinajstić information content (AvgIpc) is 2.96. The fraction of sp³-hybridized carbons (Fsp3) is 0.167. The van der Waals surface area contributed by atoms with Crippen LogP contribution in [-0.4, -0.2) is 9.97 Å². The van der Waals surface area contributed by atoms with E-state index in [-0.39, 0.29) is 0 Å². The summed E-state index contributed by atoms with van der Waals surface area (Å²) in [7, 11) is 0. The molecule has 3 nitrogen and oxygen atoms in total. The minimum Gasteiger partial charge on any atom is -0.338 e. The van der Waals surface area contributed by atoms with Crippen molar-refractivity contribution >= 4 is 0 Å². The second kappa shape index (κ2) is 5.54. The molecule has 0 atom stereocenters. The van der Waals surface area contributed by atoms with Gasteiger partial charge in [-0.05, 0) is 31.5 Å². The standard InChI is InChI=1S/C18H19N3/c1-12-7-13(2)9-16(8-12)17-11-20-18(21-17)15-5-3-14(10-19)4-6-15/h3-9,11H,10,19H2,1-2H3,(H,20,21). The van der Waals surface area contributed by atoms with Crippen LogP contribution in [0.3, 0.4) is 0 Å². The maximum absolute atomic E-state index is 5.62. The zero-order valence-corrected chi connectivity index (χ0v) is 12.4. The van der Waals surface area contributed by atoms with Crippen molar-refractivity contribution in [2.24, 2.45) is 5.73 Å². The number of nitrogens with one attached hydrogen (secondary N) is 1. The molecule has 3 rings (SSSR count). The van der Waals surface area contributed by atoms with Gasteiger partial charge in [-0.3, -0.25) is 0 Å². The van der Waals surface area contributed by atoms with Crippen LogP contribution in [0.15, 0.2) is 48.7 Å². The molecule has 106 valence electrons. The summed E-state index contributed by atoms with van der Waals surface area (Å²) >= 11 is 0. The maximum atomic E-state index is 5.62. The molecule has 1 aromatic heterocycles. The summed E-state index contributed by atoms with van der Waals surface area (Å²) in [5.41, 5.74) is 12.5. The summed E-state index contributed by atoms with van der Waals surface area (Å²) in [6.45, 7) is 4.78. The van der Waals surface area contributed by atoms with Crippen LogP contribution < -0.4 is 5.73 Å². The molecule has 3 heteroatoms. The Hall–Kier alpha value is -2.39. The minimum absolute atomic E-state index is 0.562. The zero-order chi connectivity index (χ0) is 14.8. The number of imidazole rings is 1. The van der Waals surface area contributed by atoms with E-state index in [1.807, 2.05) is 30.5 Å². The van der Waals surface area contributed by atoms with Crippen LogP contribution in [0, 0.1) is 13.8 Å². The largest absolute Gasteiger partial charge is 0.338 e. The van der Waals surface area contributed by atoms with Gasteiger partial charge in [-0.1, -0.05) is 41.5 Å². The first-order chi connectivity index (χ1) is 10.2. The Morgan fingerprint density at radius 1 is 0.952 bits per heavy atom. The van der Waals surface area contributed by atoms with Gasteiger partial charge in [-0.25, -0.2) is 4.98 Å². The molecule has 3 N–H and O–H groups in total.